The molecule has 2 aliphatic rings. The van der Waals surface area contributed by atoms with E-state index in [1.54, 1.807) is 30.7 Å². The number of carbonyl (C=O) groups excluding carboxylic acids is 1. The van der Waals surface area contributed by atoms with Crippen LogP contribution in [0.4, 0.5) is 0 Å². The molecule has 5 heterocycles. The first-order valence-corrected chi connectivity index (χ1v) is 10.6. The molecule has 3 aromatic rings. The summed E-state index contributed by atoms with van der Waals surface area (Å²) >= 11 is 0. The summed E-state index contributed by atoms with van der Waals surface area (Å²) in [6, 6.07) is 7.54. The van der Waals surface area contributed by atoms with Crippen LogP contribution in [0.2, 0.25) is 0 Å². The molecule has 0 radical (unpaired) electrons. The number of pyridine rings is 2. The Hall–Kier alpha value is -3.39. The highest BCUT2D eigenvalue weighted by Crippen LogP contribution is 2.27. The fourth-order valence-corrected chi connectivity index (χ4v) is 4.43. The highest BCUT2D eigenvalue weighted by atomic mass is 16.2. The maximum atomic E-state index is 12.7. The number of nitrogens with zero attached hydrogens (tertiary/aromatic N) is 5. The monoisotopic (exact) mass is 416 g/mol. The highest BCUT2D eigenvalue weighted by Gasteiger charge is 2.31. The number of carbonyl (C=O) groups is 1. The van der Waals surface area contributed by atoms with E-state index in [0.717, 1.165) is 36.3 Å². The summed E-state index contributed by atoms with van der Waals surface area (Å²) in [5.41, 5.74) is 3.33. The molecular formula is C23H24N6O2. The van der Waals surface area contributed by atoms with E-state index in [-0.39, 0.29) is 17.4 Å². The molecule has 0 bridgehead atoms. The van der Waals surface area contributed by atoms with Gasteiger partial charge < -0.3 is 9.88 Å². The van der Waals surface area contributed by atoms with Gasteiger partial charge in [0.2, 0.25) is 0 Å². The molecule has 1 fully saturated rings. The van der Waals surface area contributed by atoms with Gasteiger partial charge in [0.1, 0.15) is 5.82 Å². The molecule has 0 unspecified atom stereocenters. The minimum absolute atomic E-state index is 0.0291. The summed E-state index contributed by atoms with van der Waals surface area (Å²) in [7, 11) is 0. The van der Waals surface area contributed by atoms with E-state index in [1.807, 2.05) is 17.2 Å². The minimum atomic E-state index is -0.0435. The zero-order valence-electron chi connectivity index (χ0n) is 17.2. The van der Waals surface area contributed by atoms with Crippen LogP contribution in [-0.2, 0) is 19.5 Å². The first-order valence-electron chi connectivity index (χ1n) is 10.6. The lowest BCUT2D eigenvalue weighted by Gasteiger charge is -2.28. The Kier molecular flexibility index (Phi) is 5.30. The van der Waals surface area contributed by atoms with Crippen molar-refractivity contribution in [3.05, 3.63) is 87.6 Å². The molecule has 1 N–H and O–H groups in total. The Labute approximate surface area is 180 Å². The number of rotatable bonds is 4. The van der Waals surface area contributed by atoms with Crippen LogP contribution in [0.5, 0.6) is 0 Å². The molecule has 0 spiro atoms. The van der Waals surface area contributed by atoms with Crippen molar-refractivity contribution in [3.8, 4) is 0 Å². The SMILES string of the molecule is O=C(c1cccnc1)N1CC[C@@H](c2nc3c(c(=O)[nH]2)CCN(Cc2cccnc2)C3)C1. The van der Waals surface area contributed by atoms with E-state index >= 15 is 0 Å². The van der Waals surface area contributed by atoms with Crippen molar-refractivity contribution in [1.82, 2.24) is 29.7 Å². The van der Waals surface area contributed by atoms with Gasteiger partial charge in [-0.05, 0) is 36.6 Å². The van der Waals surface area contributed by atoms with Crippen LogP contribution in [-0.4, -0.2) is 55.3 Å². The standard InChI is InChI=1S/C23H24N6O2/c30-22-19-6-9-28(13-16-3-1-7-24-11-16)15-20(19)26-21(27-22)18-5-10-29(14-18)23(31)17-4-2-8-25-12-17/h1-4,7-8,11-12,18H,5-6,9-10,13-15H2,(H,26,27,30)/t18-/m1/s1. The van der Waals surface area contributed by atoms with E-state index in [1.165, 1.54) is 0 Å². The number of aromatic nitrogens is 4. The number of H-pyrrole nitrogens is 1. The summed E-state index contributed by atoms with van der Waals surface area (Å²) in [4.78, 5) is 45.6. The molecule has 8 heteroatoms. The molecule has 1 saturated heterocycles. The van der Waals surface area contributed by atoms with Gasteiger partial charge >= 0.3 is 0 Å². The zero-order valence-corrected chi connectivity index (χ0v) is 17.2. The van der Waals surface area contributed by atoms with E-state index in [9.17, 15) is 9.59 Å². The first-order chi connectivity index (χ1) is 15.2. The van der Waals surface area contributed by atoms with Gasteiger partial charge in [0.05, 0.1) is 11.3 Å². The minimum Gasteiger partial charge on any atom is -0.338 e. The summed E-state index contributed by atoms with van der Waals surface area (Å²) in [6.07, 6.45) is 8.36. The van der Waals surface area contributed by atoms with Crippen molar-refractivity contribution in [2.45, 2.75) is 31.8 Å². The number of amides is 1. The molecule has 0 aromatic carbocycles. The second-order valence-electron chi connectivity index (χ2n) is 8.18. The predicted octanol–water partition coefficient (Wildman–Crippen LogP) is 1.75. The lowest BCUT2D eigenvalue weighted by Crippen LogP contribution is -2.36. The number of aromatic amines is 1. The van der Waals surface area contributed by atoms with Crippen molar-refractivity contribution in [2.24, 2.45) is 0 Å². The van der Waals surface area contributed by atoms with Crippen molar-refractivity contribution < 1.29 is 4.79 Å². The van der Waals surface area contributed by atoms with Crippen LogP contribution in [0, 0.1) is 0 Å². The maximum absolute atomic E-state index is 12.7. The van der Waals surface area contributed by atoms with E-state index in [0.29, 0.717) is 37.4 Å². The van der Waals surface area contributed by atoms with Crippen LogP contribution in [0.15, 0.2) is 53.8 Å². The number of nitrogens with one attached hydrogen (secondary N) is 1. The van der Waals surface area contributed by atoms with E-state index in [4.69, 9.17) is 4.98 Å². The van der Waals surface area contributed by atoms with Gasteiger partial charge in [-0.3, -0.25) is 24.5 Å². The molecule has 158 valence electrons. The zero-order chi connectivity index (χ0) is 21.2. The molecule has 0 saturated carbocycles. The fraction of sp³-hybridized carbons (Fsp3) is 0.348. The van der Waals surface area contributed by atoms with Crippen LogP contribution in [0.3, 0.4) is 0 Å². The molecule has 8 nitrogen and oxygen atoms in total. The molecule has 2 aliphatic heterocycles. The van der Waals surface area contributed by atoms with Crippen molar-refractivity contribution in [1.29, 1.82) is 0 Å². The molecule has 31 heavy (non-hydrogen) atoms. The Morgan fingerprint density at radius 3 is 2.74 bits per heavy atom. The molecular weight excluding hydrogens is 392 g/mol. The number of hydrogen-bond donors (Lipinski definition) is 1. The highest BCUT2D eigenvalue weighted by molar-refractivity contribution is 5.94. The van der Waals surface area contributed by atoms with Crippen LogP contribution < -0.4 is 5.56 Å². The predicted molar refractivity (Wildman–Crippen MR) is 114 cm³/mol. The van der Waals surface area contributed by atoms with Crippen molar-refractivity contribution in [3.63, 3.8) is 0 Å². The van der Waals surface area contributed by atoms with E-state index < -0.39 is 0 Å². The average molecular weight is 416 g/mol. The third-order valence-corrected chi connectivity index (χ3v) is 6.07. The van der Waals surface area contributed by atoms with Crippen molar-refractivity contribution in [2.75, 3.05) is 19.6 Å². The smallest absolute Gasteiger partial charge is 0.255 e. The lowest BCUT2D eigenvalue weighted by atomic mass is 10.0. The van der Waals surface area contributed by atoms with Crippen LogP contribution in [0.1, 0.15) is 45.3 Å². The Morgan fingerprint density at radius 1 is 1.13 bits per heavy atom. The number of likely N-dealkylation sites (tertiary alicyclic amines) is 1. The topological polar surface area (TPSA) is 95.1 Å². The lowest BCUT2D eigenvalue weighted by molar-refractivity contribution is 0.0790. The van der Waals surface area contributed by atoms with Gasteiger partial charge in [-0.15, -0.1) is 0 Å². The third-order valence-electron chi connectivity index (χ3n) is 6.07. The summed E-state index contributed by atoms with van der Waals surface area (Å²) in [6.45, 7) is 3.45. The molecule has 5 rings (SSSR count). The second-order valence-corrected chi connectivity index (χ2v) is 8.18. The van der Waals surface area contributed by atoms with Gasteiger partial charge in [0.15, 0.2) is 0 Å². The Morgan fingerprint density at radius 2 is 1.97 bits per heavy atom. The molecule has 3 aromatic heterocycles. The quantitative estimate of drug-likeness (QED) is 0.696. The van der Waals surface area contributed by atoms with E-state index in [2.05, 4.69) is 25.9 Å². The third kappa shape index (κ3) is 4.11. The van der Waals surface area contributed by atoms with Crippen LogP contribution in [0.25, 0.3) is 0 Å². The molecule has 0 aliphatic carbocycles. The Balaban J connectivity index is 1.31. The van der Waals surface area contributed by atoms with Crippen LogP contribution >= 0.6 is 0 Å². The summed E-state index contributed by atoms with van der Waals surface area (Å²) in [5, 5.41) is 0. The van der Waals surface area contributed by atoms with Gasteiger partial charge in [0.25, 0.3) is 11.5 Å². The van der Waals surface area contributed by atoms with Crippen molar-refractivity contribution >= 4 is 5.91 Å². The number of fused-ring (bicyclic) bond motifs is 1. The normalized spacial score (nSPS) is 18.7. The van der Waals surface area contributed by atoms with Gasteiger partial charge in [-0.1, -0.05) is 6.07 Å². The maximum Gasteiger partial charge on any atom is 0.255 e. The van der Waals surface area contributed by atoms with Gasteiger partial charge in [0, 0.05) is 69.0 Å². The number of hydrogen-bond acceptors (Lipinski definition) is 6. The molecule has 1 atom stereocenters. The first kappa shape index (κ1) is 19.6. The summed E-state index contributed by atoms with van der Waals surface area (Å²) in [5.74, 6) is 0.694. The largest absolute Gasteiger partial charge is 0.338 e. The molecule has 1 amide bonds. The Bertz CT molecular complexity index is 1130. The summed E-state index contributed by atoms with van der Waals surface area (Å²) < 4.78 is 0. The van der Waals surface area contributed by atoms with Gasteiger partial charge in [-0.25, -0.2) is 4.98 Å². The fourth-order valence-electron chi connectivity index (χ4n) is 4.43. The van der Waals surface area contributed by atoms with Gasteiger partial charge in [-0.2, -0.15) is 0 Å². The average Bonchev–Trinajstić information content (AvgIpc) is 3.30. The second kappa shape index (κ2) is 8.39.